The Bertz CT molecular complexity index is 1260. The van der Waals surface area contributed by atoms with E-state index in [1.165, 1.54) is 12.1 Å². The number of carbonyl (C=O) groups is 1. The Labute approximate surface area is 232 Å². The molecule has 0 radical (unpaired) electrons. The summed E-state index contributed by atoms with van der Waals surface area (Å²) in [4.78, 5) is 31.8. The van der Waals surface area contributed by atoms with E-state index in [1.807, 2.05) is 14.1 Å². The number of benzene rings is 1. The lowest BCUT2D eigenvalue weighted by atomic mass is 10.1. The lowest BCUT2D eigenvalue weighted by molar-refractivity contribution is -0.201. The molecule has 1 atom stereocenters. The maximum absolute atomic E-state index is 13.7. The van der Waals surface area contributed by atoms with Crippen molar-refractivity contribution in [3.8, 4) is 22.6 Å². The highest BCUT2D eigenvalue weighted by Gasteiger charge is 2.29. The second-order valence-electron chi connectivity index (χ2n) is 10.3. The van der Waals surface area contributed by atoms with Gasteiger partial charge in [-0.2, -0.15) is 0 Å². The van der Waals surface area contributed by atoms with E-state index in [2.05, 4.69) is 30.5 Å². The lowest BCUT2D eigenvalue weighted by Gasteiger charge is -2.28. The fourth-order valence-corrected chi connectivity index (χ4v) is 4.63. The van der Waals surface area contributed by atoms with Crippen molar-refractivity contribution < 1.29 is 23.4 Å². The minimum absolute atomic E-state index is 0.0883. The first kappa shape index (κ1) is 28.1. The summed E-state index contributed by atoms with van der Waals surface area (Å²) >= 11 is 0. The average molecular weight is 554 g/mol. The Morgan fingerprint density at radius 1 is 1.12 bits per heavy atom. The zero-order valence-electron chi connectivity index (χ0n) is 22.9. The molecule has 0 aliphatic carbocycles. The van der Waals surface area contributed by atoms with Crippen molar-refractivity contribution in [1.82, 2.24) is 30.2 Å². The predicted molar refractivity (Wildman–Crippen MR) is 147 cm³/mol. The first-order valence-corrected chi connectivity index (χ1v) is 13.6. The molecule has 2 aliphatic rings. The van der Waals surface area contributed by atoms with Crippen LogP contribution in [-0.4, -0.2) is 96.7 Å². The van der Waals surface area contributed by atoms with Crippen LogP contribution in [0.5, 0.6) is 0 Å². The van der Waals surface area contributed by atoms with E-state index in [4.69, 9.17) is 19.2 Å². The minimum Gasteiger partial charge on any atom is -0.376 e. The Morgan fingerprint density at radius 3 is 2.65 bits per heavy atom. The summed E-state index contributed by atoms with van der Waals surface area (Å²) in [5.41, 5.74) is 2.71. The second-order valence-corrected chi connectivity index (χ2v) is 10.3. The van der Waals surface area contributed by atoms with E-state index in [0.717, 1.165) is 31.6 Å². The smallest absolute Gasteiger partial charge is 0.227 e. The molecule has 214 valence electrons. The SMILES string of the molecule is CN(C)CCNc1nccc(-c2[nH]c(CC3OCC(C(=O)NCC4CCCO4)CO3)nc2-c2ccc(F)cc2)n1. The van der Waals surface area contributed by atoms with Crippen molar-refractivity contribution in [3.05, 3.63) is 48.2 Å². The zero-order chi connectivity index (χ0) is 27.9. The van der Waals surface area contributed by atoms with Crippen LogP contribution in [0.3, 0.4) is 0 Å². The fraction of sp³-hybridized carbons (Fsp3) is 0.500. The van der Waals surface area contributed by atoms with Gasteiger partial charge in [-0.25, -0.2) is 19.3 Å². The monoisotopic (exact) mass is 553 g/mol. The Balaban J connectivity index is 1.26. The van der Waals surface area contributed by atoms with Crippen LogP contribution >= 0.6 is 0 Å². The number of likely N-dealkylation sites (N-methyl/N-ethyl adjacent to an activating group) is 1. The first-order valence-electron chi connectivity index (χ1n) is 13.6. The van der Waals surface area contributed by atoms with Crippen LogP contribution in [0.25, 0.3) is 22.6 Å². The molecule has 1 aromatic carbocycles. The third-order valence-electron chi connectivity index (χ3n) is 6.85. The van der Waals surface area contributed by atoms with Crippen LogP contribution in [0, 0.1) is 11.7 Å². The summed E-state index contributed by atoms with van der Waals surface area (Å²) < 4.78 is 31.0. The van der Waals surface area contributed by atoms with Gasteiger partial charge in [0, 0.05) is 38.0 Å². The summed E-state index contributed by atoms with van der Waals surface area (Å²) in [7, 11) is 4.00. The highest BCUT2D eigenvalue weighted by atomic mass is 19.1. The van der Waals surface area contributed by atoms with E-state index in [-0.39, 0.29) is 37.0 Å². The lowest BCUT2D eigenvalue weighted by Crippen LogP contribution is -2.44. The number of rotatable bonds is 11. The number of carbonyl (C=O) groups excluding carboxylic acids is 1. The minimum atomic E-state index is -0.559. The molecule has 1 amide bonds. The zero-order valence-corrected chi connectivity index (χ0v) is 22.9. The van der Waals surface area contributed by atoms with Crippen LogP contribution in [0.2, 0.25) is 0 Å². The van der Waals surface area contributed by atoms with Gasteiger partial charge in [0.2, 0.25) is 11.9 Å². The van der Waals surface area contributed by atoms with Crippen molar-refractivity contribution in [2.45, 2.75) is 31.7 Å². The molecule has 0 bridgehead atoms. The third kappa shape index (κ3) is 7.39. The number of aromatic nitrogens is 4. The standard InChI is InChI=1S/C28H36FN7O4/c1-36(2)12-11-31-28-30-10-9-22(33-28)26-25(18-5-7-20(29)8-6-18)34-23(35-26)14-24-39-16-19(17-40-24)27(37)32-15-21-4-3-13-38-21/h5-10,19,21,24H,3-4,11-17H2,1-2H3,(H,32,37)(H,34,35)(H,30,31,33). The molecule has 1 unspecified atom stereocenters. The molecule has 3 N–H and O–H groups in total. The number of ether oxygens (including phenoxy) is 3. The van der Waals surface area contributed by atoms with E-state index >= 15 is 0 Å². The number of amides is 1. The topological polar surface area (TPSA) is 127 Å². The molecule has 3 aromatic rings. The molecule has 2 saturated heterocycles. The van der Waals surface area contributed by atoms with Gasteiger partial charge in [-0.3, -0.25) is 4.79 Å². The van der Waals surface area contributed by atoms with Crippen LogP contribution in [0.1, 0.15) is 18.7 Å². The Hall–Kier alpha value is -3.45. The van der Waals surface area contributed by atoms with Gasteiger partial charge in [-0.1, -0.05) is 0 Å². The molecule has 0 saturated carbocycles. The summed E-state index contributed by atoms with van der Waals surface area (Å²) in [6, 6.07) is 7.97. The second kappa shape index (κ2) is 13.3. The summed E-state index contributed by atoms with van der Waals surface area (Å²) in [5, 5.41) is 6.18. The van der Waals surface area contributed by atoms with Gasteiger partial charge in [0.15, 0.2) is 6.29 Å². The molecule has 0 spiro atoms. The summed E-state index contributed by atoms with van der Waals surface area (Å²) in [5.74, 6) is 0.337. The number of H-pyrrole nitrogens is 1. The van der Waals surface area contributed by atoms with Crippen LogP contribution < -0.4 is 10.6 Å². The van der Waals surface area contributed by atoms with Crippen molar-refractivity contribution in [2.75, 3.05) is 58.9 Å². The van der Waals surface area contributed by atoms with Gasteiger partial charge in [-0.15, -0.1) is 0 Å². The number of halogens is 1. The van der Waals surface area contributed by atoms with Crippen molar-refractivity contribution in [3.63, 3.8) is 0 Å². The van der Waals surface area contributed by atoms with Crippen LogP contribution in [0.15, 0.2) is 36.5 Å². The number of nitrogens with zero attached hydrogens (tertiary/aromatic N) is 4. The maximum atomic E-state index is 13.7. The van der Waals surface area contributed by atoms with Gasteiger partial charge in [0.1, 0.15) is 11.6 Å². The molecule has 4 heterocycles. The highest BCUT2D eigenvalue weighted by Crippen LogP contribution is 2.30. The molecule has 2 aromatic heterocycles. The van der Waals surface area contributed by atoms with Crippen LogP contribution in [-0.2, 0) is 25.4 Å². The number of anilines is 1. The number of imidazole rings is 1. The van der Waals surface area contributed by atoms with Gasteiger partial charge >= 0.3 is 0 Å². The van der Waals surface area contributed by atoms with E-state index in [9.17, 15) is 9.18 Å². The summed E-state index contributed by atoms with van der Waals surface area (Å²) in [6.45, 7) is 3.31. The molecular weight excluding hydrogens is 517 g/mol. The molecule has 12 heteroatoms. The van der Waals surface area contributed by atoms with E-state index < -0.39 is 6.29 Å². The number of hydrogen-bond acceptors (Lipinski definition) is 9. The van der Waals surface area contributed by atoms with Gasteiger partial charge in [0.05, 0.1) is 48.7 Å². The number of aromatic amines is 1. The average Bonchev–Trinajstić information content (AvgIpc) is 3.63. The fourth-order valence-electron chi connectivity index (χ4n) is 4.63. The van der Waals surface area contributed by atoms with Crippen molar-refractivity contribution >= 4 is 11.9 Å². The number of nitrogens with one attached hydrogen (secondary N) is 3. The summed E-state index contributed by atoms with van der Waals surface area (Å²) in [6.07, 6.45) is 3.56. The van der Waals surface area contributed by atoms with Crippen molar-refractivity contribution in [2.24, 2.45) is 5.92 Å². The van der Waals surface area contributed by atoms with Crippen molar-refractivity contribution in [1.29, 1.82) is 0 Å². The van der Waals surface area contributed by atoms with E-state index in [0.29, 0.717) is 48.4 Å². The predicted octanol–water partition coefficient (Wildman–Crippen LogP) is 2.47. The molecule has 2 aliphatic heterocycles. The molecule has 5 rings (SSSR count). The Morgan fingerprint density at radius 2 is 1.93 bits per heavy atom. The highest BCUT2D eigenvalue weighted by molar-refractivity contribution is 5.79. The largest absolute Gasteiger partial charge is 0.376 e. The molecule has 11 nitrogen and oxygen atoms in total. The molecule has 2 fully saturated rings. The molecular formula is C28H36FN7O4. The molecule has 40 heavy (non-hydrogen) atoms. The third-order valence-corrected chi connectivity index (χ3v) is 6.85. The normalized spacial score (nSPS) is 21.1. The van der Waals surface area contributed by atoms with Gasteiger partial charge in [0.25, 0.3) is 0 Å². The maximum Gasteiger partial charge on any atom is 0.227 e. The number of hydrogen-bond donors (Lipinski definition) is 3. The van der Waals surface area contributed by atoms with Crippen LogP contribution in [0.4, 0.5) is 10.3 Å². The van der Waals surface area contributed by atoms with E-state index in [1.54, 1.807) is 24.4 Å². The Kier molecular flexibility index (Phi) is 9.32. The van der Waals surface area contributed by atoms with Gasteiger partial charge < -0.3 is 34.7 Å². The quantitative estimate of drug-likeness (QED) is 0.328. The van der Waals surface area contributed by atoms with Gasteiger partial charge in [-0.05, 0) is 57.3 Å². The first-order chi connectivity index (χ1) is 19.4.